The highest BCUT2D eigenvalue weighted by Crippen LogP contribution is 2.45. The number of hydrogen-bond acceptors (Lipinski definition) is 1. The van der Waals surface area contributed by atoms with Gasteiger partial charge in [0.2, 0.25) is 0 Å². The fraction of sp³-hybridized carbons (Fsp3) is 0. The van der Waals surface area contributed by atoms with Crippen molar-refractivity contribution in [1.29, 1.82) is 0 Å². The van der Waals surface area contributed by atoms with Crippen LogP contribution in [0.2, 0.25) is 0 Å². The molecule has 15 heavy (non-hydrogen) atoms. The third-order valence-electron chi connectivity index (χ3n) is 3.06. The van der Waals surface area contributed by atoms with Crippen LogP contribution in [0.5, 0.6) is 0 Å². The Morgan fingerprint density at radius 3 is 2.53 bits per heavy atom. The first-order valence-electron chi connectivity index (χ1n) is 5.02. The SMILES string of the molecule is c1ccc2c(c1)-c1cccc3[nH]nc-2c13. The van der Waals surface area contributed by atoms with Crippen LogP contribution >= 0.6 is 0 Å². The zero-order valence-corrected chi connectivity index (χ0v) is 7.99. The molecule has 1 aliphatic rings. The Kier molecular flexibility index (Phi) is 1.10. The van der Waals surface area contributed by atoms with Crippen LogP contribution in [0.4, 0.5) is 0 Å². The molecule has 0 aliphatic heterocycles. The number of aromatic nitrogens is 2. The van der Waals surface area contributed by atoms with Gasteiger partial charge in [0.1, 0.15) is 5.69 Å². The second kappa shape index (κ2) is 2.28. The molecule has 70 valence electrons. The molecule has 1 aromatic heterocycles. The zero-order valence-electron chi connectivity index (χ0n) is 7.99. The highest BCUT2D eigenvalue weighted by atomic mass is 15.1. The lowest BCUT2D eigenvalue weighted by Crippen LogP contribution is -1.78. The Bertz CT molecular complexity index is 665. The van der Waals surface area contributed by atoms with Gasteiger partial charge in [-0.2, -0.15) is 5.10 Å². The summed E-state index contributed by atoms with van der Waals surface area (Å²) in [6.45, 7) is 0. The predicted molar refractivity (Wildman–Crippen MR) is 60.5 cm³/mol. The molecule has 0 atom stereocenters. The number of rotatable bonds is 0. The van der Waals surface area contributed by atoms with Crippen molar-refractivity contribution in [3.8, 4) is 22.4 Å². The minimum atomic E-state index is 1.09. The first kappa shape index (κ1) is 7.23. The van der Waals surface area contributed by atoms with Crippen molar-refractivity contribution in [3.05, 3.63) is 42.5 Å². The highest BCUT2D eigenvalue weighted by molar-refractivity contribution is 6.12. The summed E-state index contributed by atoms with van der Waals surface area (Å²) >= 11 is 0. The van der Waals surface area contributed by atoms with Crippen LogP contribution in [0.25, 0.3) is 33.3 Å². The van der Waals surface area contributed by atoms with Crippen molar-refractivity contribution in [3.63, 3.8) is 0 Å². The first-order valence-corrected chi connectivity index (χ1v) is 5.02. The molecule has 1 heterocycles. The number of nitrogens with one attached hydrogen (secondary N) is 1. The maximum absolute atomic E-state index is 4.38. The summed E-state index contributed by atoms with van der Waals surface area (Å²) in [6.07, 6.45) is 0. The number of fused-ring (bicyclic) bond motifs is 3. The summed E-state index contributed by atoms with van der Waals surface area (Å²) in [4.78, 5) is 0. The van der Waals surface area contributed by atoms with Crippen molar-refractivity contribution in [1.82, 2.24) is 10.2 Å². The monoisotopic (exact) mass is 192 g/mol. The van der Waals surface area contributed by atoms with Crippen LogP contribution in [-0.4, -0.2) is 10.2 Å². The molecule has 0 bridgehead atoms. The van der Waals surface area contributed by atoms with Gasteiger partial charge in [-0.3, -0.25) is 5.10 Å². The van der Waals surface area contributed by atoms with E-state index < -0.39 is 0 Å². The average molecular weight is 192 g/mol. The molecule has 2 heteroatoms. The van der Waals surface area contributed by atoms with E-state index >= 15 is 0 Å². The smallest absolute Gasteiger partial charge is 0.101 e. The van der Waals surface area contributed by atoms with Crippen molar-refractivity contribution >= 4 is 10.9 Å². The highest BCUT2D eigenvalue weighted by Gasteiger charge is 2.22. The lowest BCUT2D eigenvalue weighted by molar-refractivity contribution is 1.12. The number of H-pyrrole nitrogens is 1. The van der Waals surface area contributed by atoms with E-state index in [0.717, 1.165) is 11.2 Å². The number of benzene rings is 2. The molecular formula is C13H8N2. The molecule has 0 saturated carbocycles. The van der Waals surface area contributed by atoms with E-state index in [-0.39, 0.29) is 0 Å². The van der Waals surface area contributed by atoms with Gasteiger partial charge in [0, 0.05) is 10.9 Å². The third-order valence-corrected chi connectivity index (χ3v) is 3.06. The van der Waals surface area contributed by atoms with Gasteiger partial charge in [-0.15, -0.1) is 0 Å². The largest absolute Gasteiger partial charge is 0.277 e. The standard InChI is InChI=1S/C13H8N2/c1-2-5-10-8(4-1)9-6-3-7-11-12(9)13(10)15-14-11/h1-7H,(H,14,15). The summed E-state index contributed by atoms with van der Waals surface area (Å²) in [7, 11) is 0. The molecule has 0 amide bonds. The van der Waals surface area contributed by atoms with Crippen molar-refractivity contribution < 1.29 is 0 Å². The van der Waals surface area contributed by atoms with Gasteiger partial charge in [0.05, 0.1) is 5.52 Å². The molecular weight excluding hydrogens is 184 g/mol. The van der Waals surface area contributed by atoms with Crippen LogP contribution in [0.1, 0.15) is 0 Å². The number of nitrogens with zero attached hydrogens (tertiary/aromatic N) is 1. The summed E-state index contributed by atoms with van der Waals surface area (Å²) in [6, 6.07) is 14.7. The molecule has 0 unspecified atom stereocenters. The molecule has 1 aliphatic carbocycles. The minimum Gasteiger partial charge on any atom is -0.277 e. The summed E-state index contributed by atoms with van der Waals surface area (Å²) in [5.74, 6) is 0. The summed E-state index contributed by atoms with van der Waals surface area (Å²) in [5, 5.41) is 8.72. The Labute approximate surface area is 86.6 Å². The maximum atomic E-state index is 4.38. The van der Waals surface area contributed by atoms with Gasteiger partial charge in [-0.1, -0.05) is 36.4 Å². The lowest BCUT2D eigenvalue weighted by atomic mass is 10.1. The molecule has 2 nitrogen and oxygen atoms in total. The zero-order chi connectivity index (χ0) is 9.83. The van der Waals surface area contributed by atoms with E-state index in [2.05, 4.69) is 52.7 Å². The lowest BCUT2D eigenvalue weighted by Gasteiger charge is -1.99. The number of aromatic amines is 1. The van der Waals surface area contributed by atoms with Crippen LogP contribution in [0.3, 0.4) is 0 Å². The molecule has 0 radical (unpaired) electrons. The topological polar surface area (TPSA) is 28.7 Å². The van der Waals surface area contributed by atoms with E-state index in [9.17, 15) is 0 Å². The van der Waals surface area contributed by atoms with Crippen molar-refractivity contribution in [2.45, 2.75) is 0 Å². The van der Waals surface area contributed by atoms with E-state index in [1.165, 1.54) is 22.1 Å². The van der Waals surface area contributed by atoms with Gasteiger partial charge in [0.25, 0.3) is 0 Å². The normalized spacial score (nSPS) is 12.0. The molecule has 0 fully saturated rings. The second-order valence-corrected chi connectivity index (χ2v) is 3.85. The van der Waals surface area contributed by atoms with E-state index in [1.54, 1.807) is 0 Å². The molecule has 4 rings (SSSR count). The fourth-order valence-corrected chi connectivity index (χ4v) is 2.42. The Morgan fingerprint density at radius 1 is 0.800 bits per heavy atom. The van der Waals surface area contributed by atoms with Crippen molar-refractivity contribution in [2.24, 2.45) is 0 Å². The van der Waals surface area contributed by atoms with E-state index in [4.69, 9.17) is 0 Å². The predicted octanol–water partition coefficient (Wildman–Crippen LogP) is 3.21. The van der Waals surface area contributed by atoms with E-state index in [1.807, 2.05) is 0 Å². The third kappa shape index (κ3) is 0.734. The quantitative estimate of drug-likeness (QED) is 0.455. The fourth-order valence-electron chi connectivity index (χ4n) is 2.42. The van der Waals surface area contributed by atoms with Crippen LogP contribution < -0.4 is 0 Å². The molecule has 0 saturated heterocycles. The minimum absolute atomic E-state index is 1.09. The Morgan fingerprint density at radius 2 is 1.60 bits per heavy atom. The van der Waals surface area contributed by atoms with Gasteiger partial charge < -0.3 is 0 Å². The molecule has 2 aromatic carbocycles. The maximum Gasteiger partial charge on any atom is 0.101 e. The van der Waals surface area contributed by atoms with Gasteiger partial charge in [-0.05, 0) is 17.2 Å². The molecule has 1 N–H and O–H groups in total. The van der Waals surface area contributed by atoms with Gasteiger partial charge in [-0.25, -0.2) is 0 Å². The Hall–Kier alpha value is -2.09. The Balaban J connectivity index is 2.31. The van der Waals surface area contributed by atoms with Crippen LogP contribution in [-0.2, 0) is 0 Å². The molecule has 3 aromatic rings. The summed E-state index contributed by atoms with van der Waals surface area (Å²) < 4.78 is 0. The first-order chi connectivity index (χ1) is 7.45. The van der Waals surface area contributed by atoms with Crippen LogP contribution in [0.15, 0.2) is 42.5 Å². The van der Waals surface area contributed by atoms with Crippen LogP contribution in [0, 0.1) is 0 Å². The van der Waals surface area contributed by atoms with Gasteiger partial charge >= 0.3 is 0 Å². The average Bonchev–Trinajstić information content (AvgIpc) is 2.85. The van der Waals surface area contributed by atoms with E-state index in [0.29, 0.717) is 0 Å². The number of hydrogen-bond donors (Lipinski definition) is 1. The second-order valence-electron chi connectivity index (χ2n) is 3.85. The van der Waals surface area contributed by atoms with Crippen molar-refractivity contribution in [2.75, 3.05) is 0 Å². The van der Waals surface area contributed by atoms with Gasteiger partial charge in [0.15, 0.2) is 0 Å². The summed E-state index contributed by atoms with van der Waals surface area (Å²) in [5.41, 5.74) is 6.06. The molecule has 0 spiro atoms.